The molecule has 8 atom stereocenters. The Morgan fingerprint density at radius 2 is 0.490 bits per heavy atom. The Morgan fingerprint density at radius 1 is 0.286 bits per heavy atom. The number of aliphatic hydroxyl groups excluding tert-OH is 1. The molecule has 0 rings (SSSR count). The summed E-state index contributed by atoms with van der Waals surface area (Å²) in [6, 6.07) is 0. The molecule has 0 aromatic rings. The molecule has 0 fully saturated rings. The number of rotatable bonds is 77. The van der Waals surface area contributed by atoms with E-state index in [-0.39, 0.29) is 25.7 Å². The van der Waals surface area contributed by atoms with Crippen molar-refractivity contribution in [2.24, 2.45) is 17.8 Å². The molecule has 0 radical (unpaired) electrons. The second-order valence-electron chi connectivity index (χ2n) is 29.2. The first kappa shape index (κ1) is 96.1. The molecule has 3 N–H and O–H groups in total. The van der Waals surface area contributed by atoms with Crippen molar-refractivity contribution in [1.82, 2.24) is 0 Å². The van der Waals surface area contributed by atoms with Crippen molar-refractivity contribution in [2.45, 2.75) is 426 Å². The summed E-state index contributed by atoms with van der Waals surface area (Å²) in [7, 11) is -9.92. The van der Waals surface area contributed by atoms with Crippen LogP contribution in [0.25, 0.3) is 0 Å². The third-order valence-corrected chi connectivity index (χ3v) is 21.4. The Bertz CT molecular complexity index is 1910. The fourth-order valence-electron chi connectivity index (χ4n) is 12.0. The predicted molar refractivity (Wildman–Crippen MR) is 400 cm³/mol. The number of esters is 4. The Kier molecular flexibility index (Phi) is 68.1. The van der Waals surface area contributed by atoms with Crippen molar-refractivity contribution >= 4 is 39.5 Å². The summed E-state index contributed by atoms with van der Waals surface area (Å²) in [6.07, 6.45) is 56.7. The Labute approximate surface area is 600 Å². The molecule has 0 heterocycles. The number of carbonyl (C=O) groups excluding carboxylic acids is 4. The normalized spacial score (nSPS) is 14.8. The number of ether oxygens (including phenoxy) is 4. The van der Waals surface area contributed by atoms with Crippen molar-refractivity contribution in [2.75, 3.05) is 39.6 Å². The van der Waals surface area contributed by atoms with Crippen LogP contribution in [0.1, 0.15) is 408 Å². The van der Waals surface area contributed by atoms with E-state index < -0.39 is 97.5 Å². The van der Waals surface area contributed by atoms with Gasteiger partial charge in [-0.05, 0) is 43.4 Å². The predicted octanol–water partition coefficient (Wildman–Crippen LogP) is 23.4. The third kappa shape index (κ3) is 68.5. The lowest BCUT2D eigenvalue weighted by atomic mass is 9.99. The van der Waals surface area contributed by atoms with Gasteiger partial charge in [0.05, 0.1) is 26.4 Å². The molecular weight excluding hydrogens is 1280 g/mol. The van der Waals surface area contributed by atoms with Gasteiger partial charge in [0, 0.05) is 25.7 Å². The standard InChI is InChI=1S/C79H154O17P2/c1-8-12-13-14-15-16-17-28-34-39-48-55-62-78(83)96-75(67-90-77(82)61-54-47-42-41-45-52-59-72(7)11-4)69-94-98(87,88)92-65-73(80)64-91-97(85,86)93-68-74(95-79(84)63-56-49-40-35-30-25-21-19-23-27-32-37-44-51-58-71(6)10-3)66-89-76(81)60-53-46-38-33-29-24-20-18-22-26-31-36-43-50-57-70(5)9-2/h70-75,80H,8-69H2,1-7H3,(H,85,86)(H,87,88)/t70?,71?,72?,73-,74-,75-/m1/s1. The highest BCUT2D eigenvalue weighted by molar-refractivity contribution is 7.47. The van der Waals surface area contributed by atoms with Gasteiger partial charge in [-0.25, -0.2) is 9.13 Å². The number of phosphoric acid groups is 2. The van der Waals surface area contributed by atoms with Gasteiger partial charge in [0.15, 0.2) is 12.2 Å². The molecule has 0 saturated heterocycles. The van der Waals surface area contributed by atoms with Gasteiger partial charge in [-0.3, -0.25) is 37.3 Å². The Balaban J connectivity index is 5.24. The third-order valence-electron chi connectivity index (χ3n) is 19.5. The summed E-state index contributed by atoms with van der Waals surface area (Å²) in [5.41, 5.74) is 0. The second-order valence-corrected chi connectivity index (χ2v) is 32.1. The molecule has 5 unspecified atom stereocenters. The SMILES string of the molecule is CCCCCCCCCCCCCCC(=O)O[C@H](COC(=O)CCCCCCCCC(C)CC)COP(=O)(O)OC[C@H](O)COP(=O)(O)OC[C@@H](COC(=O)CCCCCCCCCCCCCCCCC(C)CC)OC(=O)CCCCCCCCCCCCCCCCC(C)CC. The Hall–Kier alpha value is -1.94. The fraction of sp³-hybridized carbons (Fsp3) is 0.949. The minimum absolute atomic E-state index is 0.106. The molecule has 582 valence electrons. The van der Waals surface area contributed by atoms with E-state index in [4.69, 9.17) is 37.0 Å². The molecule has 0 aromatic heterocycles. The zero-order valence-electron chi connectivity index (χ0n) is 64.3. The average molecular weight is 1440 g/mol. The van der Waals surface area contributed by atoms with Crippen molar-refractivity contribution < 1.29 is 80.2 Å². The van der Waals surface area contributed by atoms with Gasteiger partial charge in [0.1, 0.15) is 19.3 Å². The summed E-state index contributed by atoms with van der Waals surface area (Å²) in [5.74, 6) is 0.313. The van der Waals surface area contributed by atoms with E-state index in [0.29, 0.717) is 25.7 Å². The molecule has 0 aliphatic carbocycles. The quantitative estimate of drug-likeness (QED) is 0.0222. The number of hydrogen-bond acceptors (Lipinski definition) is 15. The first-order chi connectivity index (χ1) is 47.3. The molecule has 0 saturated carbocycles. The first-order valence-electron chi connectivity index (χ1n) is 41.0. The maximum absolute atomic E-state index is 13.1. The highest BCUT2D eigenvalue weighted by Crippen LogP contribution is 2.45. The highest BCUT2D eigenvalue weighted by atomic mass is 31.2. The van der Waals surface area contributed by atoms with Crippen LogP contribution in [-0.4, -0.2) is 96.7 Å². The minimum atomic E-state index is -4.96. The molecule has 0 spiro atoms. The molecule has 0 bridgehead atoms. The maximum Gasteiger partial charge on any atom is 0.472 e. The summed E-state index contributed by atoms with van der Waals surface area (Å²) >= 11 is 0. The van der Waals surface area contributed by atoms with Gasteiger partial charge >= 0.3 is 39.5 Å². The van der Waals surface area contributed by atoms with Crippen LogP contribution in [0, 0.1) is 17.8 Å². The van der Waals surface area contributed by atoms with Gasteiger partial charge in [-0.15, -0.1) is 0 Å². The van der Waals surface area contributed by atoms with E-state index >= 15 is 0 Å². The maximum atomic E-state index is 13.1. The summed E-state index contributed by atoms with van der Waals surface area (Å²) < 4.78 is 68.6. The van der Waals surface area contributed by atoms with Gasteiger partial charge in [-0.2, -0.15) is 0 Å². The molecule has 98 heavy (non-hydrogen) atoms. The first-order valence-corrected chi connectivity index (χ1v) is 44.0. The van der Waals surface area contributed by atoms with Crippen LogP contribution in [0.4, 0.5) is 0 Å². The molecule has 0 aliphatic heterocycles. The monoisotopic (exact) mass is 1440 g/mol. The van der Waals surface area contributed by atoms with Crippen LogP contribution in [0.15, 0.2) is 0 Å². The van der Waals surface area contributed by atoms with Crippen LogP contribution >= 0.6 is 15.6 Å². The van der Waals surface area contributed by atoms with Gasteiger partial charge in [-0.1, -0.05) is 357 Å². The number of unbranched alkanes of at least 4 members (excludes halogenated alkanes) is 42. The van der Waals surface area contributed by atoms with Gasteiger partial charge in [0.25, 0.3) is 0 Å². The Morgan fingerprint density at radius 3 is 0.724 bits per heavy atom. The van der Waals surface area contributed by atoms with E-state index in [1.807, 2.05) is 0 Å². The van der Waals surface area contributed by atoms with Crippen LogP contribution in [0.3, 0.4) is 0 Å². The fourth-order valence-corrected chi connectivity index (χ4v) is 13.6. The van der Waals surface area contributed by atoms with E-state index in [0.717, 1.165) is 114 Å². The van der Waals surface area contributed by atoms with Gasteiger partial charge < -0.3 is 33.8 Å². The van der Waals surface area contributed by atoms with Crippen LogP contribution in [0.2, 0.25) is 0 Å². The summed E-state index contributed by atoms with van der Waals surface area (Å²) in [6.45, 7) is 12.0. The van der Waals surface area contributed by atoms with E-state index in [1.165, 1.54) is 212 Å². The average Bonchev–Trinajstić information content (AvgIpc) is 1.27. The lowest BCUT2D eigenvalue weighted by Gasteiger charge is -2.21. The minimum Gasteiger partial charge on any atom is -0.462 e. The zero-order chi connectivity index (χ0) is 72.3. The lowest BCUT2D eigenvalue weighted by Crippen LogP contribution is -2.30. The topological polar surface area (TPSA) is 237 Å². The number of phosphoric ester groups is 2. The van der Waals surface area contributed by atoms with Crippen molar-refractivity contribution in [1.29, 1.82) is 0 Å². The van der Waals surface area contributed by atoms with Gasteiger partial charge in [0.2, 0.25) is 0 Å². The summed E-state index contributed by atoms with van der Waals surface area (Å²) in [4.78, 5) is 72.9. The molecular formula is C79H154O17P2. The number of hydrogen-bond donors (Lipinski definition) is 3. The largest absolute Gasteiger partial charge is 0.472 e. The smallest absolute Gasteiger partial charge is 0.462 e. The number of carbonyl (C=O) groups is 4. The van der Waals surface area contributed by atoms with E-state index in [2.05, 4.69) is 48.5 Å². The van der Waals surface area contributed by atoms with Crippen molar-refractivity contribution in [3.63, 3.8) is 0 Å². The molecule has 19 heteroatoms. The lowest BCUT2D eigenvalue weighted by molar-refractivity contribution is -0.161. The molecule has 17 nitrogen and oxygen atoms in total. The van der Waals surface area contributed by atoms with Crippen molar-refractivity contribution in [3.05, 3.63) is 0 Å². The second kappa shape index (κ2) is 69.4. The van der Waals surface area contributed by atoms with E-state index in [1.54, 1.807) is 0 Å². The molecule has 0 aliphatic rings. The molecule has 0 aromatic carbocycles. The van der Waals surface area contributed by atoms with Crippen molar-refractivity contribution in [3.8, 4) is 0 Å². The number of aliphatic hydroxyl groups is 1. The van der Waals surface area contributed by atoms with Crippen LogP contribution in [-0.2, 0) is 65.4 Å². The highest BCUT2D eigenvalue weighted by Gasteiger charge is 2.30. The van der Waals surface area contributed by atoms with Crippen LogP contribution in [0.5, 0.6) is 0 Å². The van der Waals surface area contributed by atoms with Crippen LogP contribution < -0.4 is 0 Å². The molecule has 0 amide bonds. The van der Waals surface area contributed by atoms with E-state index in [9.17, 15) is 43.2 Å². The summed E-state index contributed by atoms with van der Waals surface area (Å²) in [5, 5.41) is 10.6. The zero-order valence-corrected chi connectivity index (χ0v) is 66.0.